The molecule has 1 heterocycles. The zero-order valence-electron chi connectivity index (χ0n) is 12.5. The van der Waals surface area contributed by atoms with Crippen LogP contribution in [0.3, 0.4) is 0 Å². The number of para-hydroxylation sites is 2. The number of hydrogen-bond donors (Lipinski definition) is 2. The summed E-state index contributed by atoms with van der Waals surface area (Å²) in [4.78, 5) is 24.5. The Bertz CT molecular complexity index is 971. The molecule has 2 aromatic carbocycles. The summed E-state index contributed by atoms with van der Waals surface area (Å²) in [6.07, 6.45) is 0. The Labute approximate surface area is 146 Å². The van der Waals surface area contributed by atoms with Gasteiger partial charge in [0.15, 0.2) is 5.58 Å². The van der Waals surface area contributed by atoms with Crippen molar-refractivity contribution in [2.75, 3.05) is 11.1 Å². The van der Waals surface area contributed by atoms with E-state index in [4.69, 9.17) is 33.4 Å². The van der Waals surface area contributed by atoms with Gasteiger partial charge in [0.1, 0.15) is 6.04 Å². The van der Waals surface area contributed by atoms with Crippen molar-refractivity contribution < 1.29 is 9.21 Å². The second-order valence-electron chi connectivity index (χ2n) is 5.22. The summed E-state index contributed by atoms with van der Waals surface area (Å²) in [5, 5.41) is 3.13. The second-order valence-corrected chi connectivity index (χ2v) is 6.04. The van der Waals surface area contributed by atoms with Crippen molar-refractivity contribution in [2.45, 2.75) is 13.0 Å². The van der Waals surface area contributed by atoms with Crippen LogP contribution in [-0.4, -0.2) is 10.5 Å². The zero-order valence-corrected chi connectivity index (χ0v) is 14.1. The van der Waals surface area contributed by atoms with Gasteiger partial charge in [-0.3, -0.25) is 9.36 Å². The van der Waals surface area contributed by atoms with Crippen molar-refractivity contribution in [1.29, 1.82) is 0 Å². The molecule has 0 bridgehead atoms. The Kier molecular flexibility index (Phi) is 4.26. The lowest BCUT2D eigenvalue weighted by Gasteiger charge is -2.14. The lowest BCUT2D eigenvalue weighted by Crippen LogP contribution is -2.29. The molecule has 0 spiro atoms. The highest BCUT2D eigenvalue weighted by Crippen LogP contribution is 2.31. The number of benzene rings is 2. The number of nitrogens with one attached hydrogen (secondary N) is 1. The van der Waals surface area contributed by atoms with Crippen LogP contribution in [0, 0.1) is 0 Å². The standard InChI is InChI=1S/C16H13Cl2N3O3/c1-8(21-12-4-2-3-5-13(12)24-16(21)23)15(22)20-9-6-10(17)14(19)11(18)7-9/h2-8H,19H2,1H3,(H,20,22). The van der Waals surface area contributed by atoms with Crippen LogP contribution in [0.2, 0.25) is 10.0 Å². The molecule has 0 aliphatic carbocycles. The van der Waals surface area contributed by atoms with E-state index in [-0.39, 0.29) is 15.7 Å². The first-order valence-corrected chi connectivity index (χ1v) is 7.79. The fourth-order valence-electron chi connectivity index (χ4n) is 2.37. The highest BCUT2D eigenvalue weighted by Gasteiger charge is 2.21. The molecule has 8 heteroatoms. The molecule has 24 heavy (non-hydrogen) atoms. The first-order chi connectivity index (χ1) is 11.4. The lowest BCUT2D eigenvalue weighted by atomic mass is 10.2. The minimum atomic E-state index is -0.795. The fraction of sp³-hybridized carbons (Fsp3) is 0.125. The van der Waals surface area contributed by atoms with Crippen molar-refractivity contribution in [3.63, 3.8) is 0 Å². The second kappa shape index (κ2) is 6.22. The highest BCUT2D eigenvalue weighted by molar-refractivity contribution is 6.39. The maximum atomic E-state index is 12.5. The molecule has 0 aliphatic heterocycles. The van der Waals surface area contributed by atoms with Gasteiger partial charge in [-0.25, -0.2) is 4.79 Å². The summed E-state index contributed by atoms with van der Waals surface area (Å²) in [5.74, 6) is -1.02. The van der Waals surface area contributed by atoms with Gasteiger partial charge in [-0.2, -0.15) is 0 Å². The molecule has 3 N–H and O–H groups in total. The number of anilines is 2. The van der Waals surface area contributed by atoms with E-state index >= 15 is 0 Å². The van der Waals surface area contributed by atoms with E-state index in [0.29, 0.717) is 16.8 Å². The van der Waals surface area contributed by atoms with Crippen LogP contribution in [0.4, 0.5) is 11.4 Å². The van der Waals surface area contributed by atoms with E-state index in [1.807, 2.05) is 0 Å². The molecule has 0 fully saturated rings. The third-order valence-corrected chi connectivity index (χ3v) is 4.26. The van der Waals surface area contributed by atoms with E-state index in [1.165, 1.54) is 16.7 Å². The van der Waals surface area contributed by atoms with Crippen molar-refractivity contribution in [3.05, 3.63) is 57.0 Å². The topological polar surface area (TPSA) is 90.3 Å². The van der Waals surface area contributed by atoms with Crippen LogP contribution in [0.5, 0.6) is 0 Å². The number of aromatic nitrogens is 1. The van der Waals surface area contributed by atoms with Gasteiger partial charge in [-0.1, -0.05) is 35.3 Å². The van der Waals surface area contributed by atoms with Gasteiger partial charge in [0.25, 0.3) is 0 Å². The third kappa shape index (κ3) is 2.86. The number of rotatable bonds is 3. The largest absolute Gasteiger partial charge is 0.420 e. The summed E-state index contributed by atoms with van der Waals surface area (Å²) >= 11 is 11.9. The number of fused-ring (bicyclic) bond motifs is 1. The average Bonchev–Trinajstić information content (AvgIpc) is 2.87. The summed E-state index contributed by atoms with van der Waals surface area (Å²) in [6, 6.07) is 9.07. The maximum absolute atomic E-state index is 12.5. The Balaban J connectivity index is 1.92. The van der Waals surface area contributed by atoms with Crippen molar-refractivity contribution in [2.24, 2.45) is 0 Å². The van der Waals surface area contributed by atoms with Gasteiger partial charge in [0.2, 0.25) is 5.91 Å². The predicted octanol–water partition coefficient (Wildman–Crippen LogP) is 3.68. The number of oxazole rings is 1. The molecule has 0 aliphatic rings. The zero-order chi connectivity index (χ0) is 17.4. The van der Waals surface area contributed by atoms with Crippen molar-refractivity contribution in [1.82, 2.24) is 4.57 Å². The molecule has 6 nitrogen and oxygen atoms in total. The Morgan fingerprint density at radius 3 is 2.54 bits per heavy atom. The smallest absolute Gasteiger partial charge is 0.408 e. The van der Waals surface area contributed by atoms with Gasteiger partial charge in [0.05, 0.1) is 21.2 Å². The minimum absolute atomic E-state index is 0.233. The monoisotopic (exact) mass is 365 g/mol. The third-order valence-electron chi connectivity index (χ3n) is 3.63. The van der Waals surface area contributed by atoms with Gasteiger partial charge >= 0.3 is 5.76 Å². The molecule has 1 unspecified atom stereocenters. The highest BCUT2D eigenvalue weighted by atomic mass is 35.5. The van der Waals surface area contributed by atoms with E-state index in [1.54, 1.807) is 31.2 Å². The number of carbonyl (C=O) groups is 1. The summed E-state index contributed by atoms with van der Waals surface area (Å²) in [5.41, 5.74) is 7.25. The molecule has 3 aromatic rings. The van der Waals surface area contributed by atoms with Crippen LogP contribution >= 0.6 is 23.2 Å². The lowest BCUT2D eigenvalue weighted by molar-refractivity contribution is -0.118. The molecule has 1 aromatic heterocycles. The minimum Gasteiger partial charge on any atom is -0.408 e. The number of carbonyl (C=O) groups excluding carboxylic acids is 1. The van der Waals surface area contributed by atoms with Crippen LogP contribution in [0.15, 0.2) is 45.6 Å². The molecule has 1 amide bonds. The average molecular weight is 366 g/mol. The molecule has 0 saturated carbocycles. The van der Waals surface area contributed by atoms with Gasteiger partial charge in [0, 0.05) is 5.69 Å². The van der Waals surface area contributed by atoms with Crippen LogP contribution < -0.4 is 16.8 Å². The number of nitrogens with zero attached hydrogens (tertiary/aromatic N) is 1. The SMILES string of the molecule is CC(C(=O)Nc1cc(Cl)c(N)c(Cl)c1)n1c(=O)oc2ccccc21. The number of hydrogen-bond acceptors (Lipinski definition) is 4. The molecule has 3 rings (SSSR count). The van der Waals surface area contributed by atoms with Gasteiger partial charge in [-0.05, 0) is 31.2 Å². The maximum Gasteiger partial charge on any atom is 0.420 e. The molecule has 0 saturated heterocycles. The fourth-order valence-corrected chi connectivity index (χ4v) is 2.86. The van der Waals surface area contributed by atoms with Gasteiger partial charge < -0.3 is 15.5 Å². The first-order valence-electron chi connectivity index (χ1n) is 7.04. The Morgan fingerprint density at radius 1 is 1.25 bits per heavy atom. The molecule has 0 radical (unpaired) electrons. The van der Waals surface area contributed by atoms with Crippen molar-refractivity contribution >= 4 is 51.6 Å². The first kappa shape index (κ1) is 16.4. The quantitative estimate of drug-likeness (QED) is 0.692. The van der Waals surface area contributed by atoms with E-state index in [2.05, 4.69) is 5.32 Å². The number of halogens is 2. The van der Waals surface area contributed by atoms with E-state index < -0.39 is 17.7 Å². The summed E-state index contributed by atoms with van der Waals surface area (Å²) < 4.78 is 6.43. The normalized spacial score (nSPS) is 12.3. The Morgan fingerprint density at radius 2 is 1.88 bits per heavy atom. The van der Waals surface area contributed by atoms with E-state index in [0.717, 1.165) is 0 Å². The molecule has 124 valence electrons. The summed E-state index contributed by atoms with van der Waals surface area (Å²) in [6.45, 7) is 1.60. The number of nitrogens with two attached hydrogens (primary N) is 1. The van der Waals surface area contributed by atoms with Crippen LogP contribution in [0.1, 0.15) is 13.0 Å². The van der Waals surface area contributed by atoms with Gasteiger partial charge in [-0.15, -0.1) is 0 Å². The van der Waals surface area contributed by atoms with Crippen LogP contribution in [0.25, 0.3) is 11.1 Å². The Hall–Kier alpha value is -2.44. The molecular formula is C16H13Cl2N3O3. The summed E-state index contributed by atoms with van der Waals surface area (Å²) in [7, 11) is 0. The van der Waals surface area contributed by atoms with Crippen LogP contribution in [-0.2, 0) is 4.79 Å². The molecule has 1 atom stereocenters. The number of amides is 1. The van der Waals surface area contributed by atoms with Crippen molar-refractivity contribution in [3.8, 4) is 0 Å². The molecular weight excluding hydrogens is 353 g/mol. The number of nitrogen functional groups attached to an aromatic ring is 1. The van der Waals surface area contributed by atoms with E-state index in [9.17, 15) is 9.59 Å². The predicted molar refractivity (Wildman–Crippen MR) is 94.7 cm³/mol.